The number of hydrogen-bond acceptors (Lipinski definition) is 3. The lowest BCUT2D eigenvalue weighted by atomic mass is 9.77. The fraction of sp³-hybridized carbons (Fsp3) is 1.00. The lowest BCUT2D eigenvalue weighted by Gasteiger charge is -2.36. The molecule has 0 bridgehead atoms. The zero-order chi connectivity index (χ0) is 9.14. The lowest BCUT2D eigenvalue weighted by Crippen LogP contribution is -2.39. The van der Waals surface area contributed by atoms with Crippen molar-refractivity contribution < 1.29 is 14.9 Å². The Morgan fingerprint density at radius 2 is 2.08 bits per heavy atom. The molecule has 0 heterocycles. The van der Waals surface area contributed by atoms with Crippen molar-refractivity contribution >= 4 is 0 Å². The Balaban J connectivity index is 2.52. The maximum atomic E-state index is 9.59. The van der Waals surface area contributed by atoms with Crippen LogP contribution in [0.3, 0.4) is 0 Å². The van der Waals surface area contributed by atoms with Crippen LogP contribution in [-0.4, -0.2) is 36.1 Å². The van der Waals surface area contributed by atoms with E-state index in [2.05, 4.69) is 0 Å². The zero-order valence-electron chi connectivity index (χ0n) is 7.73. The van der Waals surface area contributed by atoms with Gasteiger partial charge in [0.1, 0.15) is 0 Å². The summed E-state index contributed by atoms with van der Waals surface area (Å²) in [5.41, 5.74) is 0. The first-order valence-electron chi connectivity index (χ1n) is 4.50. The minimum atomic E-state index is -0.319. The molecule has 0 aromatic rings. The third-order valence-corrected chi connectivity index (χ3v) is 2.99. The number of aliphatic hydroxyl groups excluding tert-OH is 2. The second-order valence-electron chi connectivity index (χ2n) is 3.70. The molecule has 3 nitrogen and oxygen atoms in total. The predicted octanol–water partition coefficient (Wildman–Crippen LogP) is 0.401. The van der Waals surface area contributed by atoms with Gasteiger partial charge >= 0.3 is 0 Å². The molecule has 2 N–H and O–H groups in total. The van der Waals surface area contributed by atoms with Crippen LogP contribution in [0, 0.1) is 11.8 Å². The quantitative estimate of drug-likeness (QED) is 0.637. The van der Waals surface area contributed by atoms with Gasteiger partial charge in [-0.15, -0.1) is 0 Å². The maximum Gasteiger partial charge on any atom is 0.0599 e. The summed E-state index contributed by atoms with van der Waals surface area (Å²) < 4.78 is 5.17. The third kappa shape index (κ3) is 1.97. The first-order chi connectivity index (χ1) is 5.69. The highest BCUT2D eigenvalue weighted by atomic mass is 16.5. The van der Waals surface area contributed by atoms with E-state index in [0.717, 1.165) is 6.42 Å². The van der Waals surface area contributed by atoms with Gasteiger partial charge in [-0.05, 0) is 24.7 Å². The van der Waals surface area contributed by atoms with Crippen LogP contribution in [0.25, 0.3) is 0 Å². The van der Waals surface area contributed by atoms with Gasteiger partial charge in [-0.3, -0.25) is 0 Å². The first kappa shape index (κ1) is 9.96. The van der Waals surface area contributed by atoms with Crippen molar-refractivity contribution in [3.63, 3.8) is 0 Å². The van der Waals surface area contributed by atoms with E-state index in [1.165, 1.54) is 0 Å². The van der Waals surface area contributed by atoms with Crippen molar-refractivity contribution in [3.8, 4) is 0 Å². The molecule has 1 aliphatic rings. The molecule has 0 spiro atoms. The molecule has 0 saturated heterocycles. The lowest BCUT2D eigenvalue weighted by molar-refractivity contribution is -0.0551. The molecule has 4 unspecified atom stereocenters. The Kier molecular flexibility index (Phi) is 3.50. The number of hydrogen-bond donors (Lipinski definition) is 2. The Morgan fingerprint density at radius 1 is 1.42 bits per heavy atom. The van der Waals surface area contributed by atoms with E-state index in [-0.39, 0.29) is 30.7 Å². The molecule has 0 radical (unpaired) electrons. The summed E-state index contributed by atoms with van der Waals surface area (Å²) in [7, 11) is 1.65. The zero-order valence-corrected chi connectivity index (χ0v) is 7.73. The molecule has 1 rings (SSSR count). The second kappa shape index (κ2) is 4.21. The Hall–Kier alpha value is -0.120. The molecule has 0 amide bonds. The summed E-state index contributed by atoms with van der Waals surface area (Å²) in [4.78, 5) is 0. The van der Waals surface area contributed by atoms with E-state index in [1.54, 1.807) is 7.11 Å². The van der Waals surface area contributed by atoms with E-state index >= 15 is 0 Å². The Bertz CT molecular complexity index is 138. The fourth-order valence-electron chi connectivity index (χ4n) is 1.88. The summed E-state index contributed by atoms with van der Waals surface area (Å²) in [5, 5.41) is 18.6. The average molecular weight is 174 g/mol. The van der Waals surface area contributed by atoms with Gasteiger partial charge in [0, 0.05) is 13.7 Å². The van der Waals surface area contributed by atoms with Gasteiger partial charge in [0.25, 0.3) is 0 Å². The van der Waals surface area contributed by atoms with Crippen molar-refractivity contribution in [1.29, 1.82) is 0 Å². The second-order valence-corrected chi connectivity index (χ2v) is 3.70. The maximum absolute atomic E-state index is 9.59. The predicted molar refractivity (Wildman–Crippen MR) is 45.8 cm³/mol. The minimum Gasteiger partial charge on any atom is -0.396 e. The van der Waals surface area contributed by atoms with Gasteiger partial charge in [0.05, 0.1) is 12.2 Å². The molecule has 72 valence electrons. The highest BCUT2D eigenvalue weighted by molar-refractivity contribution is 4.83. The van der Waals surface area contributed by atoms with E-state index in [9.17, 15) is 5.11 Å². The highest BCUT2D eigenvalue weighted by Crippen LogP contribution is 2.31. The topological polar surface area (TPSA) is 49.7 Å². The van der Waals surface area contributed by atoms with Crippen LogP contribution in [0.1, 0.15) is 19.8 Å². The molecule has 1 saturated carbocycles. The van der Waals surface area contributed by atoms with Crippen LogP contribution in [0.15, 0.2) is 0 Å². The fourth-order valence-corrected chi connectivity index (χ4v) is 1.88. The molecule has 0 aromatic carbocycles. The Labute approximate surface area is 73.4 Å². The van der Waals surface area contributed by atoms with Crippen LogP contribution >= 0.6 is 0 Å². The SMILES string of the molecule is COC1CC(O)C(C)C(CO)C1. The molecule has 12 heavy (non-hydrogen) atoms. The van der Waals surface area contributed by atoms with Gasteiger partial charge in [-0.1, -0.05) is 6.92 Å². The van der Waals surface area contributed by atoms with Crippen LogP contribution in [-0.2, 0) is 4.74 Å². The Morgan fingerprint density at radius 3 is 2.58 bits per heavy atom. The molecule has 3 heteroatoms. The van der Waals surface area contributed by atoms with E-state index in [0.29, 0.717) is 6.42 Å². The van der Waals surface area contributed by atoms with Crippen LogP contribution in [0.2, 0.25) is 0 Å². The van der Waals surface area contributed by atoms with Gasteiger partial charge in [-0.2, -0.15) is 0 Å². The summed E-state index contributed by atoms with van der Waals surface area (Å²) in [6, 6.07) is 0. The number of ether oxygens (including phenoxy) is 1. The normalized spacial score (nSPS) is 43.0. The van der Waals surface area contributed by atoms with Crippen LogP contribution < -0.4 is 0 Å². The molecular weight excluding hydrogens is 156 g/mol. The van der Waals surface area contributed by atoms with Gasteiger partial charge in [0.15, 0.2) is 0 Å². The van der Waals surface area contributed by atoms with E-state index < -0.39 is 0 Å². The number of aliphatic hydroxyl groups is 2. The van der Waals surface area contributed by atoms with Gasteiger partial charge in [0.2, 0.25) is 0 Å². The summed E-state index contributed by atoms with van der Waals surface area (Å²) >= 11 is 0. The van der Waals surface area contributed by atoms with E-state index in [4.69, 9.17) is 9.84 Å². The van der Waals surface area contributed by atoms with Crippen molar-refractivity contribution in [2.75, 3.05) is 13.7 Å². The van der Waals surface area contributed by atoms with Crippen molar-refractivity contribution in [1.82, 2.24) is 0 Å². The highest BCUT2D eigenvalue weighted by Gasteiger charge is 2.33. The summed E-state index contributed by atoms with van der Waals surface area (Å²) in [5.74, 6) is 0.389. The van der Waals surface area contributed by atoms with Crippen molar-refractivity contribution in [2.24, 2.45) is 11.8 Å². The number of rotatable bonds is 2. The molecule has 4 atom stereocenters. The molecule has 1 aliphatic carbocycles. The van der Waals surface area contributed by atoms with Gasteiger partial charge < -0.3 is 14.9 Å². The molecule has 0 aliphatic heterocycles. The summed E-state index contributed by atoms with van der Waals surface area (Å²) in [6.45, 7) is 2.13. The smallest absolute Gasteiger partial charge is 0.0599 e. The number of methoxy groups -OCH3 is 1. The van der Waals surface area contributed by atoms with E-state index in [1.807, 2.05) is 6.92 Å². The molecule has 0 aromatic heterocycles. The molecular formula is C9H18O3. The standard InChI is InChI=1S/C9H18O3/c1-6-7(5-10)3-8(12-2)4-9(6)11/h6-11H,3-5H2,1-2H3. The minimum absolute atomic E-state index is 0.119. The van der Waals surface area contributed by atoms with Crippen molar-refractivity contribution in [3.05, 3.63) is 0 Å². The van der Waals surface area contributed by atoms with Crippen molar-refractivity contribution in [2.45, 2.75) is 32.0 Å². The summed E-state index contributed by atoms with van der Waals surface area (Å²) in [6.07, 6.45) is 1.37. The van der Waals surface area contributed by atoms with Gasteiger partial charge in [-0.25, -0.2) is 0 Å². The largest absolute Gasteiger partial charge is 0.396 e. The van der Waals surface area contributed by atoms with Crippen LogP contribution in [0.5, 0.6) is 0 Å². The molecule has 1 fully saturated rings. The van der Waals surface area contributed by atoms with Crippen LogP contribution in [0.4, 0.5) is 0 Å². The first-order valence-corrected chi connectivity index (χ1v) is 4.50. The monoisotopic (exact) mass is 174 g/mol. The third-order valence-electron chi connectivity index (χ3n) is 2.99. The average Bonchev–Trinajstić information content (AvgIpc) is 2.09.